The second-order valence-corrected chi connectivity index (χ2v) is 5.42. The Labute approximate surface area is 121 Å². The first-order valence-corrected chi connectivity index (χ1v) is 6.87. The second-order valence-electron chi connectivity index (χ2n) is 4.53. The third-order valence-corrected chi connectivity index (χ3v) is 3.92. The van der Waals surface area contributed by atoms with Crippen LogP contribution < -0.4 is 5.73 Å². The molecule has 0 spiro atoms. The summed E-state index contributed by atoms with van der Waals surface area (Å²) in [5.74, 6) is 0.263. The molecular formula is C12H10F3N5S. The predicted octanol–water partition coefficient (Wildman–Crippen LogP) is 2.89. The average Bonchev–Trinajstić information content (AvgIpc) is 3.03. The molecule has 1 unspecified atom stereocenters. The van der Waals surface area contributed by atoms with Crippen molar-refractivity contribution in [2.75, 3.05) is 0 Å². The lowest BCUT2D eigenvalue weighted by atomic mass is 10.3. The van der Waals surface area contributed by atoms with Crippen LogP contribution in [-0.4, -0.2) is 19.6 Å². The maximum absolute atomic E-state index is 12.8. The first-order chi connectivity index (χ1) is 9.86. The molecule has 3 rings (SSSR count). The van der Waals surface area contributed by atoms with Gasteiger partial charge in [0.2, 0.25) is 0 Å². The molecule has 0 saturated carbocycles. The van der Waals surface area contributed by atoms with Gasteiger partial charge >= 0.3 is 6.18 Å². The molecule has 0 saturated heterocycles. The Kier molecular flexibility index (Phi) is 3.18. The zero-order valence-electron chi connectivity index (χ0n) is 10.8. The largest absolute Gasteiger partial charge is 0.417 e. The van der Waals surface area contributed by atoms with Crippen molar-refractivity contribution in [1.29, 1.82) is 0 Å². The van der Waals surface area contributed by atoms with E-state index in [-0.39, 0.29) is 11.9 Å². The molecule has 1 atom stereocenters. The molecule has 3 aromatic rings. The molecule has 0 aliphatic carbocycles. The fraction of sp³-hybridized carbons (Fsp3) is 0.250. The Morgan fingerprint density at radius 3 is 2.67 bits per heavy atom. The van der Waals surface area contributed by atoms with Crippen molar-refractivity contribution in [2.24, 2.45) is 5.73 Å². The van der Waals surface area contributed by atoms with Crippen LogP contribution >= 0.6 is 11.3 Å². The number of nitrogens with two attached hydrogens (primary N) is 1. The molecule has 3 aromatic heterocycles. The molecular weight excluding hydrogens is 303 g/mol. The van der Waals surface area contributed by atoms with Gasteiger partial charge in [0.05, 0.1) is 11.6 Å². The Bertz CT molecular complexity index is 790. The minimum atomic E-state index is -4.42. The van der Waals surface area contributed by atoms with Gasteiger partial charge < -0.3 is 5.73 Å². The smallest absolute Gasteiger partial charge is 0.322 e. The first-order valence-electron chi connectivity index (χ1n) is 5.99. The van der Waals surface area contributed by atoms with Gasteiger partial charge in [-0.15, -0.1) is 21.5 Å². The van der Waals surface area contributed by atoms with Crippen molar-refractivity contribution >= 4 is 17.0 Å². The number of aromatic nitrogens is 4. The fourth-order valence-electron chi connectivity index (χ4n) is 1.83. The lowest BCUT2D eigenvalue weighted by molar-refractivity contribution is -0.137. The number of fused-ring (bicyclic) bond motifs is 1. The number of alkyl halides is 3. The SMILES string of the molecule is CC(N)c1nc(-c2nnc3ccc(C(F)(F)F)cn23)cs1. The highest BCUT2D eigenvalue weighted by Gasteiger charge is 2.31. The molecule has 2 N–H and O–H groups in total. The number of pyridine rings is 1. The Morgan fingerprint density at radius 2 is 2.05 bits per heavy atom. The Hall–Kier alpha value is -2.00. The summed E-state index contributed by atoms with van der Waals surface area (Å²) in [6.45, 7) is 1.78. The van der Waals surface area contributed by atoms with Crippen LogP contribution in [0.5, 0.6) is 0 Å². The van der Waals surface area contributed by atoms with E-state index in [0.29, 0.717) is 16.3 Å². The standard InChI is InChI=1S/C12H10F3N5S/c1-6(16)11-17-8(5-21-11)10-19-18-9-3-2-7(4-20(9)10)12(13,14)15/h2-6H,16H2,1H3. The van der Waals surface area contributed by atoms with Crippen LogP contribution in [0.4, 0.5) is 13.2 Å². The van der Waals surface area contributed by atoms with Gasteiger partial charge in [0, 0.05) is 11.6 Å². The predicted molar refractivity (Wildman–Crippen MR) is 71.7 cm³/mol. The minimum Gasteiger partial charge on any atom is -0.322 e. The van der Waals surface area contributed by atoms with E-state index >= 15 is 0 Å². The van der Waals surface area contributed by atoms with Gasteiger partial charge in [0.1, 0.15) is 10.7 Å². The van der Waals surface area contributed by atoms with Gasteiger partial charge in [-0.25, -0.2) is 4.98 Å². The number of hydrogen-bond donors (Lipinski definition) is 1. The Balaban J connectivity index is 2.13. The average molecular weight is 313 g/mol. The number of thiazole rings is 1. The van der Waals surface area contributed by atoms with Crippen molar-refractivity contribution in [1.82, 2.24) is 19.6 Å². The van der Waals surface area contributed by atoms with E-state index in [0.717, 1.165) is 12.3 Å². The topological polar surface area (TPSA) is 69.1 Å². The molecule has 0 aliphatic heterocycles. The molecule has 9 heteroatoms. The van der Waals surface area contributed by atoms with E-state index in [1.54, 1.807) is 12.3 Å². The lowest BCUT2D eigenvalue weighted by Gasteiger charge is -2.06. The Morgan fingerprint density at radius 1 is 1.29 bits per heavy atom. The minimum absolute atomic E-state index is 0.242. The van der Waals surface area contributed by atoms with Gasteiger partial charge in [-0.1, -0.05) is 0 Å². The summed E-state index contributed by atoms with van der Waals surface area (Å²) < 4.78 is 39.6. The molecule has 0 amide bonds. The maximum atomic E-state index is 12.8. The van der Waals surface area contributed by atoms with Crippen molar-refractivity contribution < 1.29 is 13.2 Å². The van der Waals surface area contributed by atoms with Crippen LogP contribution in [0.3, 0.4) is 0 Å². The zero-order chi connectivity index (χ0) is 15.2. The van der Waals surface area contributed by atoms with Gasteiger partial charge in [0.25, 0.3) is 0 Å². The van der Waals surface area contributed by atoms with Crippen molar-refractivity contribution in [3.63, 3.8) is 0 Å². The van der Waals surface area contributed by atoms with Gasteiger partial charge in [-0.05, 0) is 19.1 Å². The van der Waals surface area contributed by atoms with Crippen LogP contribution in [0, 0.1) is 0 Å². The molecule has 0 aromatic carbocycles. The molecule has 21 heavy (non-hydrogen) atoms. The molecule has 0 fully saturated rings. The molecule has 110 valence electrons. The molecule has 0 aliphatic rings. The summed E-state index contributed by atoms with van der Waals surface area (Å²) in [6, 6.07) is 2.01. The number of rotatable bonds is 2. The normalized spacial score (nSPS) is 13.8. The number of nitrogens with zero attached hydrogens (tertiary/aromatic N) is 4. The summed E-state index contributed by atoms with van der Waals surface area (Å²) in [6.07, 6.45) is -3.45. The maximum Gasteiger partial charge on any atom is 0.417 e. The van der Waals surface area contributed by atoms with E-state index in [2.05, 4.69) is 15.2 Å². The van der Waals surface area contributed by atoms with Gasteiger partial charge in [-0.2, -0.15) is 13.2 Å². The second kappa shape index (κ2) is 4.78. The van der Waals surface area contributed by atoms with Crippen LogP contribution in [0.15, 0.2) is 23.7 Å². The van der Waals surface area contributed by atoms with E-state index in [1.165, 1.54) is 21.8 Å². The van der Waals surface area contributed by atoms with E-state index in [1.807, 2.05) is 0 Å². The van der Waals surface area contributed by atoms with Gasteiger partial charge in [-0.3, -0.25) is 4.40 Å². The monoisotopic (exact) mass is 313 g/mol. The summed E-state index contributed by atoms with van der Waals surface area (Å²) in [4.78, 5) is 4.28. The highest BCUT2D eigenvalue weighted by molar-refractivity contribution is 7.10. The van der Waals surface area contributed by atoms with Gasteiger partial charge in [0.15, 0.2) is 11.5 Å². The summed E-state index contributed by atoms with van der Waals surface area (Å²) >= 11 is 1.33. The van der Waals surface area contributed by atoms with Crippen LogP contribution in [0.25, 0.3) is 17.2 Å². The van der Waals surface area contributed by atoms with Crippen LogP contribution in [0.2, 0.25) is 0 Å². The molecule has 0 bridgehead atoms. The number of hydrogen-bond acceptors (Lipinski definition) is 5. The molecule has 0 radical (unpaired) electrons. The first kappa shape index (κ1) is 14.0. The van der Waals surface area contributed by atoms with Crippen LogP contribution in [0.1, 0.15) is 23.5 Å². The fourth-order valence-corrected chi connectivity index (χ4v) is 2.59. The van der Waals surface area contributed by atoms with Crippen molar-refractivity contribution in [3.05, 3.63) is 34.3 Å². The highest BCUT2D eigenvalue weighted by Crippen LogP contribution is 2.30. The third-order valence-electron chi connectivity index (χ3n) is 2.87. The van der Waals surface area contributed by atoms with E-state index in [9.17, 15) is 13.2 Å². The quantitative estimate of drug-likeness (QED) is 0.790. The summed E-state index contributed by atoms with van der Waals surface area (Å²) in [5, 5.41) is 10.2. The van der Waals surface area contributed by atoms with Crippen molar-refractivity contribution in [2.45, 2.75) is 19.1 Å². The third kappa shape index (κ3) is 2.49. The highest BCUT2D eigenvalue weighted by atomic mass is 32.1. The lowest BCUT2D eigenvalue weighted by Crippen LogP contribution is -2.06. The number of halogens is 3. The van der Waals surface area contributed by atoms with E-state index in [4.69, 9.17) is 5.73 Å². The molecule has 5 nitrogen and oxygen atoms in total. The van der Waals surface area contributed by atoms with Crippen LogP contribution in [-0.2, 0) is 6.18 Å². The summed E-state index contributed by atoms with van der Waals surface area (Å²) in [5.41, 5.74) is 5.75. The van der Waals surface area contributed by atoms with Crippen molar-refractivity contribution in [3.8, 4) is 11.5 Å². The molecule has 3 heterocycles. The zero-order valence-corrected chi connectivity index (χ0v) is 11.6. The summed E-state index contributed by atoms with van der Waals surface area (Å²) in [7, 11) is 0. The van der Waals surface area contributed by atoms with E-state index < -0.39 is 11.7 Å².